The third kappa shape index (κ3) is 5.76. The lowest BCUT2D eigenvalue weighted by molar-refractivity contribution is 0.0398. The van der Waals surface area contributed by atoms with Gasteiger partial charge >= 0.3 is 0 Å². The minimum Gasteiger partial charge on any atom is -0.383 e. The fraction of sp³-hybridized carbons (Fsp3) is 0.667. The van der Waals surface area contributed by atoms with Crippen molar-refractivity contribution in [2.75, 3.05) is 57.8 Å². The van der Waals surface area contributed by atoms with Crippen LogP contribution in [0, 0.1) is 0 Å². The first-order valence-electron chi connectivity index (χ1n) is 9.04. The molecule has 1 fully saturated rings. The van der Waals surface area contributed by atoms with E-state index in [1.54, 1.807) is 6.20 Å². The number of carbonyl (C=O) groups excluding carboxylic acids is 1. The van der Waals surface area contributed by atoms with Crippen LogP contribution in [-0.2, 0) is 4.74 Å². The molecule has 1 aliphatic rings. The lowest BCUT2D eigenvalue weighted by Gasteiger charge is -2.26. The predicted octanol–water partition coefficient (Wildman–Crippen LogP) is 2.09. The molecule has 0 unspecified atom stereocenters. The van der Waals surface area contributed by atoms with E-state index in [0.29, 0.717) is 5.69 Å². The minimum absolute atomic E-state index is 0.0265. The summed E-state index contributed by atoms with van der Waals surface area (Å²) >= 11 is 0. The van der Waals surface area contributed by atoms with E-state index in [2.05, 4.69) is 29.0 Å². The van der Waals surface area contributed by atoms with Crippen molar-refractivity contribution in [3.8, 4) is 0 Å². The molecule has 0 spiro atoms. The van der Waals surface area contributed by atoms with Gasteiger partial charge in [0.2, 0.25) is 0 Å². The van der Waals surface area contributed by atoms with E-state index in [1.165, 1.54) is 0 Å². The Labute approximate surface area is 145 Å². The van der Waals surface area contributed by atoms with Crippen LogP contribution >= 0.6 is 0 Å². The van der Waals surface area contributed by atoms with E-state index < -0.39 is 0 Å². The van der Waals surface area contributed by atoms with Gasteiger partial charge in [0.05, 0.1) is 25.1 Å². The summed E-state index contributed by atoms with van der Waals surface area (Å²) in [6, 6.07) is 3.76. The van der Waals surface area contributed by atoms with Gasteiger partial charge in [-0.3, -0.25) is 9.69 Å². The number of rotatable bonds is 9. The first kappa shape index (κ1) is 18.7. The average Bonchev–Trinajstić information content (AvgIpc) is 2.62. The molecule has 0 atom stereocenters. The van der Waals surface area contributed by atoms with Crippen molar-refractivity contribution in [3.63, 3.8) is 0 Å². The van der Waals surface area contributed by atoms with Gasteiger partial charge in [-0.2, -0.15) is 0 Å². The Morgan fingerprint density at radius 1 is 1.25 bits per heavy atom. The van der Waals surface area contributed by atoms with E-state index in [-0.39, 0.29) is 5.91 Å². The second-order valence-corrected chi connectivity index (χ2v) is 6.11. The molecule has 1 aromatic heterocycles. The SMILES string of the molecule is CCCN(CCC)C(=O)c1ccc(NCCN2CCOCC2)cn1. The van der Waals surface area contributed by atoms with E-state index in [1.807, 2.05) is 17.0 Å². The molecule has 6 heteroatoms. The van der Waals surface area contributed by atoms with Crippen LogP contribution in [0.4, 0.5) is 5.69 Å². The predicted molar refractivity (Wildman–Crippen MR) is 96.5 cm³/mol. The molecule has 0 aromatic carbocycles. The maximum absolute atomic E-state index is 12.5. The molecule has 1 aliphatic heterocycles. The molecule has 24 heavy (non-hydrogen) atoms. The summed E-state index contributed by atoms with van der Waals surface area (Å²) in [6.45, 7) is 11.2. The first-order chi connectivity index (χ1) is 11.7. The van der Waals surface area contributed by atoms with Gasteiger partial charge in [0.1, 0.15) is 5.69 Å². The zero-order chi connectivity index (χ0) is 17.2. The molecule has 2 heterocycles. The Kier molecular flexibility index (Phi) is 7.98. The van der Waals surface area contributed by atoms with E-state index >= 15 is 0 Å². The minimum atomic E-state index is 0.0265. The first-order valence-corrected chi connectivity index (χ1v) is 9.04. The maximum atomic E-state index is 12.5. The van der Waals surface area contributed by atoms with Crippen LogP contribution in [0.15, 0.2) is 18.3 Å². The Hall–Kier alpha value is -1.66. The van der Waals surface area contributed by atoms with Crippen LogP contribution in [0.25, 0.3) is 0 Å². The zero-order valence-corrected chi connectivity index (χ0v) is 15.0. The van der Waals surface area contributed by atoms with Crippen LogP contribution in [0.5, 0.6) is 0 Å². The number of nitrogens with zero attached hydrogens (tertiary/aromatic N) is 3. The van der Waals surface area contributed by atoms with Gasteiger partial charge < -0.3 is 15.0 Å². The van der Waals surface area contributed by atoms with E-state index in [4.69, 9.17) is 4.74 Å². The van der Waals surface area contributed by atoms with Gasteiger partial charge in [-0.1, -0.05) is 13.8 Å². The highest BCUT2D eigenvalue weighted by atomic mass is 16.5. The lowest BCUT2D eigenvalue weighted by Crippen LogP contribution is -2.39. The van der Waals surface area contributed by atoms with Crippen molar-refractivity contribution in [1.82, 2.24) is 14.8 Å². The topological polar surface area (TPSA) is 57.7 Å². The molecule has 0 saturated carbocycles. The van der Waals surface area contributed by atoms with Crippen molar-refractivity contribution in [2.24, 2.45) is 0 Å². The molecule has 1 N–H and O–H groups in total. The van der Waals surface area contributed by atoms with Gasteiger partial charge in [0, 0.05) is 39.3 Å². The highest BCUT2D eigenvalue weighted by molar-refractivity contribution is 5.92. The molecule has 0 aliphatic carbocycles. The summed E-state index contributed by atoms with van der Waals surface area (Å²) in [7, 11) is 0. The standard InChI is InChI=1S/C18H30N4O2/c1-3-8-22(9-4-2)18(23)17-6-5-16(15-20-17)19-7-10-21-11-13-24-14-12-21/h5-6,15,19H,3-4,7-14H2,1-2H3. The third-order valence-electron chi connectivity index (χ3n) is 4.12. The Balaban J connectivity index is 1.81. The second kappa shape index (κ2) is 10.3. The van der Waals surface area contributed by atoms with Crippen LogP contribution in [0.3, 0.4) is 0 Å². The van der Waals surface area contributed by atoms with Crippen LogP contribution in [0.2, 0.25) is 0 Å². The van der Waals surface area contributed by atoms with Crippen molar-refractivity contribution < 1.29 is 9.53 Å². The quantitative estimate of drug-likeness (QED) is 0.749. The molecular formula is C18H30N4O2. The molecule has 0 bridgehead atoms. The smallest absolute Gasteiger partial charge is 0.272 e. The Morgan fingerprint density at radius 3 is 2.54 bits per heavy atom. The number of anilines is 1. The molecular weight excluding hydrogens is 304 g/mol. The fourth-order valence-corrected chi connectivity index (χ4v) is 2.82. The number of carbonyl (C=O) groups is 1. The van der Waals surface area contributed by atoms with Gasteiger partial charge in [0.15, 0.2) is 0 Å². The molecule has 134 valence electrons. The molecule has 1 saturated heterocycles. The summed E-state index contributed by atoms with van der Waals surface area (Å²) in [6.07, 6.45) is 3.68. The number of amides is 1. The van der Waals surface area contributed by atoms with Crippen molar-refractivity contribution in [2.45, 2.75) is 26.7 Å². The summed E-state index contributed by atoms with van der Waals surface area (Å²) in [5.41, 5.74) is 1.48. The van der Waals surface area contributed by atoms with E-state index in [9.17, 15) is 4.79 Å². The summed E-state index contributed by atoms with van der Waals surface area (Å²) in [4.78, 5) is 21.1. The average molecular weight is 334 g/mol. The zero-order valence-electron chi connectivity index (χ0n) is 15.0. The lowest BCUT2D eigenvalue weighted by atomic mass is 10.2. The third-order valence-corrected chi connectivity index (χ3v) is 4.12. The molecule has 1 amide bonds. The van der Waals surface area contributed by atoms with Gasteiger partial charge in [-0.15, -0.1) is 0 Å². The number of hydrogen-bond donors (Lipinski definition) is 1. The van der Waals surface area contributed by atoms with Gasteiger partial charge in [0.25, 0.3) is 5.91 Å². The number of hydrogen-bond acceptors (Lipinski definition) is 5. The number of pyridine rings is 1. The van der Waals surface area contributed by atoms with Gasteiger partial charge in [-0.05, 0) is 25.0 Å². The monoisotopic (exact) mass is 334 g/mol. The van der Waals surface area contributed by atoms with Crippen molar-refractivity contribution in [3.05, 3.63) is 24.0 Å². The second-order valence-electron chi connectivity index (χ2n) is 6.11. The highest BCUT2D eigenvalue weighted by Crippen LogP contribution is 2.09. The normalized spacial score (nSPS) is 15.2. The van der Waals surface area contributed by atoms with Crippen molar-refractivity contribution in [1.29, 1.82) is 0 Å². The molecule has 0 radical (unpaired) electrons. The maximum Gasteiger partial charge on any atom is 0.272 e. The van der Waals surface area contributed by atoms with Crippen LogP contribution < -0.4 is 5.32 Å². The summed E-state index contributed by atoms with van der Waals surface area (Å²) < 4.78 is 5.35. The van der Waals surface area contributed by atoms with Crippen LogP contribution in [0.1, 0.15) is 37.2 Å². The Morgan fingerprint density at radius 2 is 1.96 bits per heavy atom. The van der Waals surface area contributed by atoms with Crippen LogP contribution in [-0.4, -0.2) is 73.2 Å². The van der Waals surface area contributed by atoms with Gasteiger partial charge in [-0.25, -0.2) is 4.98 Å². The number of aromatic nitrogens is 1. The molecule has 6 nitrogen and oxygen atoms in total. The largest absolute Gasteiger partial charge is 0.383 e. The van der Waals surface area contributed by atoms with E-state index in [0.717, 1.165) is 71.0 Å². The molecule has 1 aromatic rings. The number of nitrogens with one attached hydrogen (secondary N) is 1. The summed E-state index contributed by atoms with van der Waals surface area (Å²) in [5, 5.41) is 3.37. The highest BCUT2D eigenvalue weighted by Gasteiger charge is 2.15. The number of ether oxygens (including phenoxy) is 1. The number of morpholine rings is 1. The summed E-state index contributed by atoms with van der Waals surface area (Å²) in [5.74, 6) is 0.0265. The van der Waals surface area contributed by atoms with Crippen molar-refractivity contribution >= 4 is 11.6 Å². The molecule has 2 rings (SSSR count). The Bertz CT molecular complexity index is 480. The fourth-order valence-electron chi connectivity index (χ4n) is 2.82.